The minimum Gasteiger partial charge on any atom is -0.394 e. The molecule has 0 radical (unpaired) electrons. The number of aromatic nitrogens is 2. The maximum atomic E-state index is 13.6. The van der Waals surface area contributed by atoms with Crippen LogP contribution in [0, 0.1) is 5.82 Å². The van der Waals surface area contributed by atoms with Gasteiger partial charge in [-0.2, -0.15) is 15.7 Å². The molecule has 1 aromatic heterocycles. The van der Waals surface area contributed by atoms with E-state index in [1.165, 1.54) is 12.1 Å². The highest BCUT2D eigenvalue weighted by Gasteiger charge is 2.43. The van der Waals surface area contributed by atoms with Gasteiger partial charge in [0.05, 0.1) is 34.1 Å². The summed E-state index contributed by atoms with van der Waals surface area (Å²) in [7, 11) is -2.84. The third-order valence-corrected chi connectivity index (χ3v) is 8.44. The molecule has 1 fully saturated rings. The van der Waals surface area contributed by atoms with Crippen LogP contribution in [0.4, 0.5) is 4.39 Å². The smallest absolute Gasteiger partial charge is 0.251 e. The molecule has 0 aliphatic carbocycles. The Morgan fingerprint density at radius 3 is 2.54 bits per heavy atom. The monoisotopic (exact) mass is 515 g/mol. The molecule has 35 heavy (non-hydrogen) atoms. The van der Waals surface area contributed by atoms with E-state index in [4.69, 9.17) is 16.7 Å². The summed E-state index contributed by atoms with van der Waals surface area (Å²) < 4.78 is 35.3. The van der Waals surface area contributed by atoms with Crippen LogP contribution < -0.4 is 5.32 Å². The quantitative estimate of drug-likeness (QED) is 0.296. The van der Waals surface area contributed by atoms with Gasteiger partial charge in [0.1, 0.15) is 11.5 Å². The van der Waals surface area contributed by atoms with E-state index in [1.54, 1.807) is 41.1 Å². The molecular weight excluding hydrogens is 493 g/mol. The second-order valence-electron chi connectivity index (χ2n) is 8.74. The molecule has 1 unspecified atom stereocenters. The fraction of sp³-hybridized carbons (Fsp3) is 0.200. The van der Waals surface area contributed by atoms with Gasteiger partial charge in [-0.05, 0) is 55.0 Å². The molecule has 4 N–H and O–H groups in total. The van der Waals surface area contributed by atoms with Crippen LogP contribution in [0.1, 0.15) is 16.8 Å². The Labute approximate surface area is 207 Å². The molecule has 3 aromatic carbocycles. The standard InChI is InChI=1S/C25H23ClFN3O4S/c26-21-4-2-1-3-19(21)23-20-10-5-16(24(32)28-25(14-31)11-12-35(33,34)15-25)13-22(20)30(29-23)18-8-6-17(27)7-9-18/h1-10,13,31,33-34H,11-12,14-15H2,(H,28,32). The largest absolute Gasteiger partial charge is 0.394 e. The molecule has 7 nitrogen and oxygen atoms in total. The lowest BCUT2D eigenvalue weighted by Gasteiger charge is -2.32. The molecule has 1 aliphatic heterocycles. The number of hydrogen-bond donors (Lipinski definition) is 4. The predicted molar refractivity (Wildman–Crippen MR) is 136 cm³/mol. The van der Waals surface area contributed by atoms with Crippen LogP contribution in [0.3, 0.4) is 0 Å². The first-order valence-corrected chi connectivity index (χ1v) is 13.2. The summed E-state index contributed by atoms with van der Waals surface area (Å²) in [5.74, 6) is -0.794. The molecule has 4 aromatic rings. The molecule has 0 bridgehead atoms. The fourth-order valence-corrected chi connectivity index (χ4v) is 6.69. The van der Waals surface area contributed by atoms with Crippen molar-refractivity contribution in [2.45, 2.75) is 12.0 Å². The normalized spacial score (nSPS) is 20.1. The number of nitrogens with zero attached hydrogens (tertiary/aromatic N) is 2. The van der Waals surface area contributed by atoms with Crippen molar-refractivity contribution in [3.63, 3.8) is 0 Å². The maximum Gasteiger partial charge on any atom is 0.251 e. The van der Waals surface area contributed by atoms with Gasteiger partial charge >= 0.3 is 0 Å². The number of aliphatic hydroxyl groups is 1. The van der Waals surface area contributed by atoms with Gasteiger partial charge in [0.15, 0.2) is 0 Å². The van der Waals surface area contributed by atoms with Gasteiger partial charge in [0.2, 0.25) is 0 Å². The van der Waals surface area contributed by atoms with Crippen LogP contribution in [0.25, 0.3) is 27.8 Å². The Hall–Kier alpha value is -2.95. The van der Waals surface area contributed by atoms with Gasteiger partial charge in [-0.25, -0.2) is 9.07 Å². The fourth-order valence-electron chi connectivity index (χ4n) is 4.41. The lowest BCUT2D eigenvalue weighted by molar-refractivity contribution is 0.0858. The van der Waals surface area contributed by atoms with Crippen LogP contribution in [0.5, 0.6) is 0 Å². The Bertz CT molecular complexity index is 1430. The van der Waals surface area contributed by atoms with E-state index in [0.717, 1.165) is 5.39 Å². The van der Waals surface area contributed by atoms with E-state index in [-0.39, 0.29) is 23.7 Å². The number of nitrogens with one attached hydrogen (secondary N) is 1. The number of hydrogen-bond acceptors (Lipinski definition) is 5. The molecule has 0 spiro atoms. The summed E-state index contributed by atoms with van der Waals surface area (Å²) in [4.78, 5) is 13.2. The number of fused-ring (bicyclic) bond motifs is 1. The van der Waals surface area contributed by atoms with Crippen LogP contribution >= 0.6 is 22.2 Å². The van der Waals surface area contributed by atoms with Crippen LogP contribution in [-0.4, -0.2) is 53.6 Å². The SMILES string of the molecule is O=C(NC1(CO)CCS(O)(O)C1)c1ccc2c(-c3ccccc3Cl)nn(-c3ccc(F)cc3)c2c1. The average molecular weight is 516 g/mol. The molecule has 2 heterocycles. The average Bonchev–Trinajstić information content (AvgIpc) is 3.37. The number of carbonyl (C=O) groups excluding carboxylic acids is 1. The van der Waals surface area contributed by atoms with E-state index >= 15 is 0 Å². The molecule has 1 atom stereocenters. The van der Waals surface area contributed by atoms with Gasteiger partial charge in [-0.3, -0.25) is 13.9 Å². The lowest BCUT2D eigenvalue weighted by Crippen LogP contribution is -2.52. The summed E-state index contributed by atoms with van der Waals surface area (Å²) in [6.07, 6.45) is 0.268. The van der Waals surface area contributed by atoms with Crippen molar-refractivity contribution < 1.29 is 23.4 Å². The molecule has 182 valence electrons. The second-order valence-corrected chi connectivity index (χ2v) is 11.5. The third kappa shape index (κ3) is 4.53. The van der Waals surface area contributed by atoms with Crippen molar-refractivity contribution in [2.24, 2.45) is 0 Å². The Kier molecular flexibility index (Phi) is 6.06. The zero-order chi connectivity index (χ0) is 24.8. The number of aliphatic hydroxyl groups excluding tert-OH is 1. The highest BCUT2D eigenvalue weighted by atomic mass is 35.5. The highest BCUT2D eigenvalue weighted by molar-refractivity contribution is 8.24. The van der Waals surface area contributed by atoms with Crippen molar-refractivity contribution >= 4 is 39.0 Å². The first-order valence-electron chi connectivity index (χ1n) is 10.9. The first-order chi connectivity index (χ1) is 16.7. The van der Waals surface area contributed by atoms with E-state index in [1.807, 2.05) is 18.2 Å². The number of carbonyl (C=O) groups is 1. The lowest BCUT2D eigenvalue weighted by atomic mass is 9.99. The summed E-state index contributed by atoms with van der Waals surface area (Å²) in [5.41, 5.74) is 1.75. The van der Waals surface area contributed by atoms with E-state index in [9.17, 15) is 23.4 Å². The predicted octanol–water partition coefficient (Wildman–Crippen LogP) is 5.10. The topological polar surface area (TPSA) is 108 Å². The number of amides is 1. The van der Waals surface area contributed by atoms with Gasteiger partial charge in [0.25, 0.3) is 5.91 Å². The van der Waals surface area contributed by atoms with Crippen molar-refractivity contribution in [1.82, 2.24) is 15.1 Å². The molecule has 5 rings (SSSR count). The zero-order valence-electron chi connectivity index (χ0n) is 18.5. The number of benzene rings is 3. The summed E-state index contributed by atoms with van der Waals surface area (Å²) in [6, 6.07) is 18.2. The zero-order valence-corrected chi connectivity index (χ0v) is 20.1. The minimum atomic E-state index is -2.84. The van der Waals surface area contributed by atoms with Crippen molar-refractivity contribution in [2.75, 3.05) is 18.1 Å². The van der Waals surface area contributed by atoms with Gasteiger partial charge in [-0.1, -0.05) is 29.8 Å². The van der Waals surface area contributed by atoms with Gasteiger partial charge < -0.3 is 10.4 Å². The minimum absolute atomic E-state index is 0.0886. The third-order valence-electron chi connectivity index (χ3n) is 6.24. The summed E-state index contributed by atoms with van der Waals surface area (Å²) in [6.45, 7) is -0.402. The second kappa shape index (κ2) is 8.92. The van der Waals surface area contributed by atoms with E-state index in [2.05, 4.69) is 5.32 Å². The summed E-state index contributed by atoms with van der Waals surface area (Å²) in [5, 5.41) is 18.7. The van der Waals surface area contributed by atoms with Crippen LogP contribution in [-0.2, 0) is 0 Å². The molecular formula is C25H23ClFN3O4S. The Balaban J connectivity index is 1.60. The van der Waals surface area contributed by atoms with Gasteiger partial charge in [-0.15, -0.1) is 0 Å². The van der Waals surface area contributed by atoms with Crippen molar-refractivity contribution in [3.05, 3.63) is 83.1 Å². The highest BCUT2D eigenvalue weighted by Crippen LogP contribution is 2.50. The van der Waals surface area contributed by atoms with E-state index < -0.39 is 28.6 Å². The molecule has 1 amide bonds. The maximum absolute atomic E-state index is 13.6. The number of halogens is 2. The summed E-state index contributed by atoms with van der Waals surface area (Å²) >= 11 is 6.44. The molecule has 10 heteroatoms. The van der Waals surface area contributed by atoms with E-state index in [0.29, 0.717) is 33.0 Å². The number of rotatable bonds is 5. The van der Waals surface area contributed by atoms with Crippen molar-refractivity contribution in [1.29, 1.82) is 0 Å². The van der Waals surface area contributed by atoms with Gasteiger partial charge in [0, 0.05) is 22.3 Å². The van der Waals surface area contributed by atoms with Crippen molar-refractivity contribution in [3.8, 4) is 16.9 Å². The Morgan fingerprint density at radius 2 is 1.89 bits per heavy atom. The van der Waals surface area contributed by atoms with Crippen LogP contribution in [0.15, 0.2) is 66.7 Å². The molecule has 1 aliphatic rings. The first kappa shape index (κ1) is 23.8. The Morgan fingerprint density at radius 1 is 1.14 bits per heavy atom. The van der Waals surface area contributed by atoms with Crippen LogP contribution in [0.2, 0.25) is 5.02 Å². The molecule has 0 saturated carbocycles. The molecule has 1 saturated heterocycles.